The number of aromatic nitrogens is 2. The van der Waals surface area contributed by atoms with Crippen molar-refractivity contribution in [3.8, 4) is 16.9 Å². The fourth-order valence-corrected chi connectivity index (χ4v) is 3.43. The molecule has 0 aliphatic heterocycles. The molecule has 0 fully saturated rings. The SMILES string of the molecule is C/C=C\C(C)CCNC(=O)c1nc(Cc2ccccc2-c2ccccc2)[nH]c(=O)c1O.C=CC.CC. The van der Waals surface area contributed by atoms with Crippen LogP contribution in [0.4, 0.5) is 0 Å². The molecule has 1 heterocycles. The average molecular weight is 490 g/mol. The van der Waals surface area contributed by atoms with Crippen LogP contribution in [0.2, 0.25) is 0 Å². The first-order valence-electron chi connectivity index (χ1n) is 12.3. The number of allylic oxidation sites excluding steroid dienone is 3. The lowest BCUT2D eigenvalue weighted by Crippen LogP contribution is -2.29. The van der Waals surface area contributed by atoms with Crippen molar-refractivity contribution >= 4 is 5.91 Å². The molecule has 0 spiro atoms. The summed E-state index contributed by atoms with van der Waals surface area (Å²) in [7, 11) is 0. The second kappa shape index (κ2) is 16.7. The van der Waals surface area contributed by atoms with Gasteiger partial charge in [-0.25, -0.2) is 4.98 Å². The Morgan fingerprint density at radius 2 is 1.72 bits per heavy atom. The average Bonchev–Trinajstić information content (AvgIpc) is 2.88. The van der Waals surface area contributed by atoms with Crippen molar-refractivity contribution < 1.29 is 9.90 Å². The van der Waals surface area contributed by atoms with Crippen LogP contribution in [0.1, 0.15) is 62.9 Å². The number of nitrogens with one attached hydrogen (secondary N) is 2. The highest BCUT2D eigenvalue weighted by Crippen LogP contribution is 2.25. The number of aromatic amines is 1. The van der Waals surface area contributed by atoms with Crippen LogP contribution >= 0.6 is 0 Å². The smallest absolute Gasteiger partial charge is 0.293 e. The Morgan fingerprint density at radius 1 is 1.11 bits per heavy atom. The van der Waals surface area contributed by atoms with Crippen molar-refractivity contribution in [3.05, 3.63) is 107 Å². The van der Waals surface area contributed by atoms with Gasteiger partial charge < -0.3 is 15.4 Å². The number of hydrogen-bond acceptors (Lipinski definition) is 4. The van der Waals surface area contributed by atoms with E-state index in [9.17, 15) is 14.7 Å². The zero-order valence-electron chi connectivity index (χ0n) is 22.0. The summed E-state index contributed by atoms with van der Waals surface area (Å²) in [6.07, 6.45) is 6.84. The highest BCUT2D eigenvalue weighted by molar-refractivity contribution is 5.94. The lowest BCUT2D eigenvalue weighted by molar-refractivity contribution is 0.0943. The molecule has 1 aromatic heterocycles. The van der Waals surface area contributed by atoms with E-state index in [-0.39, 0.29) is 5.69 Å². The van der Waals surface area contributed by atoms with Gasteiger partial charge in [-0.3, -0.25) is 9.59 Å². The fraction of sp³-hybridized carbons (Fsp3) is 0.300. The molecule has 3 N–H and O–H groups in total. The quantitative estimate of drug-likeness (QED) is 0.324. The van der Waals surface area contributed by atoms with Crippen LogP contribution in [0, 0.1) is 5.92 Å². The molecule has 0 bridgehead atoms. The van der Waals surface area contributed by atoms with Gasteiger partial charge in [-0.1, -0.05) is 93.6 Å². The molecule has 0 radical (unpaired) electrons. The molecule has 192 valence electrons. The Bertz CT molecular complexity index is 1170. The number of rotatable bonds is 8. The maximum absolute atomic E-state index is 12.5. The van der Waals surface area contributed by atoms with E-state index in [1.807, 2.05) is 88.4 Å². The maximum Gasteiger partial charge on any atom is 0.293 e. The zero-order valence-corrected chi connectivity index (χ0v) is 22.0. The Morgan fingerprint density at radius 3 is 2.36 bits per heavy atom. The Labute approximate surface area is 214 Å². The summed E-state index contributed by atoms with van der Waals surface area (Å²) in [4.78, 5) is 31.6. The summed E-state index contributed by atoms with van der Waals surface area (Å²) in [6, 6.07) is 17.7. The monoisotopic (exact) mass is 489 g/mol. The van der Waals surface area contributed by atoms with Crippen LogP contribution in [-0.2, 0) is 6.42 Å². The standard InChI is InChI=1S/C25H27N3O3.C3H6.C2H6/c1-3-9-17(2)14-15-26-24(30)22-23(29)25(31)28-21(27-22)16-19-12-7-8-13-20(19)18-10-5-4-6-11-18;1-3-2;1-2/h3-13,17,29H,14-16H2,1-2H3,(H,26,30)(H,27,28,31);3H,1H2,2H3;1-2H3/b9-3-;;. The molecular weight excluding hydrogens is 450 g/mol. The molecule has 36 heavy (non-hydrogen) atoms. The van der Waals surface area contributed by atoms with Crippen molar-refractivity contribution in [3.63, 3.8) is 0 Å². The van der Waals surface area contributed by atoms with E-state index < -0.39 is 17.2 Å². The van der Waals surface area contributed by atoms with Gasteiger partial charge in [0, 0.05) is 13.0 Å². The third kappa shape index (κ3) is 9.37. The van der Waals surface area contributed by atoms with E-state index in [2.05, 4.69) is 34.9 Å². The van der Waals surface area contributed by atoms with Gasteiger partial charge in [-0.15, -0.1) is 6.58 Å². The van der Waals surface area contributed by atoms with Crippen molar-refractivity contribution in [2.45, 2.75) is 47.5 Å². The van der Waals surface area contributed by atoms with Gasteiger partial charge in [0.15, 0.2) is 5.69 Å². The molecule has 1 amide bonds. The van der Waals surface area contributed by atoms with Gasteiger partial charge in [0.1, 0.15) is 5.82 Å². The first-order valence-corrected chi connectivity index (χ1v) is 12.3. The molecule has 0 saturated heterocycles. The molecule has 6 nitrogen and oxygen atoms in total. The summed E-state index contributed by atoms with van der Waals surface area (Å²) in [5.41, 5.74) is 2.04. The minimum atomic E-state index is -0.727. The number of aromatic hydroxyl groups is 1. The van der Waals surface area contributed by atoms with Crippen LogP contribution in [0.25, 0.3) is 11.1 Å². The molecule has 3 rings (SSSR count). The predicted octanol–water partition coefficient (Wildman–Crippen LogP) is 6.28. The summed E-state index contributed by atoms with van der Waals surface area (Å²) >= 11 is 0. The third-order valence-electron chi connectivity index (χ3n) is 5.03. The normalized spacial score (nSPS) is 10.9. The summed E-state index contributed by atoms with van der Waals surface area (Å²) < 4.78 is 0. The summed E-state index contributed by atoms with van der Waals surface area (Å²) in [6.45, 7) is 13.7. The van der Waals surface area contributed by atoms with E-state index in [0.717, 1.165) is 23.1 Å². The van der Waals surface area contributed by atoms with Crippen molar-refractivity contribution in [2.24, 2.45) is 5.92 Å². The van der Waals surface area contributed by atoms with E-state index in [0.29, 0.717) is 24.7 Å². The maximum atomic E-state index is 12.5. The zero-order chi connectivity index (χ0) is 26.9. The molecule has 2 aromatic carbocycles. The van der Waals surface area contributed by atoms with Gasteiger partial charge >= 0.3 is 0 Å². The lowest BCUT2D eigenvalue weighted by Gasteiger charge is -2.11. The van der Waals surface area contributed by atoms with Crippen LogP contribution in [0.15, 0.2) is 84.2 Å². The number of amides is 1. The van der Waals surface area contributed by atoms with Gasteiger partial charge in [0.25, 0.3) is 11.5 Å². The molecule has 6 heteroatoms. The van der Waals surface area contributed by atoms with Gasteiger partial charge in [0.2, 0.25) is 5.75 Å². The van der Waals surface area contributed by atoms with Crippen molar-refractivity contribution in [1.82, 2.24) is 15.3 Å². The lowest BCUT2D eigenvalue weighted by atomic mass is 9.97. The second-order valence-electron chi connectivity index (χ2n) is 7.87. The number of carbonyl (C=O) groups is 1. The number of H-pyrrole nitrogens is 1. The number of carbonyl (C=O) groups excluding carboxylic acids is 1. The second-order valence-corrected chi connectivity index (χ2v) is 7.87. The first-order chi connectivity index (χ1) is 17.4. The number of hydrogen-bond donors (Lipinski definition) is 3. The van der Waals surface area contributed by atoms with Gasteiger partial charge in [0.05, 0.1) is 0 Å². The Balaban J connectivity index is 0.00000120. The highest BCUT2D eigenvalue weighted by atomic mass is 16.3. The topological polar surface area (TPSA) is 95.1 Å². The fourth-order valence-electron chi connectivity index (χ4n) is 3.43. The molecule has 1 unspecified atom stereocenters. The van der Waals surface area contributed by atoms with E-state index in [1.165, 1.54) is 0 Å². The molecule has 0 aliphatic carbocycles. The minimum Gasteiger partial charge on any atom is -0.501 e. The summed E-state index contributed by atoms with van der Waals surface area (Å²) in [5.74, 6) is -0.595. The molecular formula is C30H39N3O3. The van der Waals surface area contributed by atoms with Crippen LogP contribution in [0.5, 0.6) is 5.75 Å². The number of benzene rings is 2. The third-order valence-corrected chi connectivity index (χ3v) is 5.03. The van der Waals surface area contributed by atoms with Crippen molar-refractivity contribution in [1.29, 1.82) is 0 Å². The Hall–Kier alpha value is -3.93. The molecule has 1 atom stereocenters. The molecule has 0 saturated carbocycles. The minimum absolute atomic E-state index is 0.255. The summed E-state index contributed by atoms with van der Waals surface area (Å²) in [5, 5.41) is 12.8. The highest BCUT2D eigenvalue weighted by Gasteiger charge is 2.18. The van der Waals surface area contributed by atoms with Crippen LogP contribution < -0.4 is 10.9 Å². The van der Waals surface area contributed by atoms with Gasteiger partial charge in [-0.2, -0.15) is 0 Å². The molecule has 0 aliphatic rings. The predicted molar refractivity (Wildman–Crippen MR) is 149 cm³/mol. The first kappa shape index (κ1) is 30.1. The van der Waals surface area contributed by atoms with E-state index in [4.69, 9.17) is 0 Å². The van der Waals surface area contributed by atoms with Crippen LogP contribution in [0.3, 0.4) is 0 Å². The van der Waals surface area contributed by atoms with Gasteiger partial charge in [-0.05, 0) is 42.9 Å². The largest absolute Gasteiger partial charge is 0.501 e. The van der Waals surface area contributed by atoms with Crippen LogP contribution in [-0.4, -0.2) is 27.5 Å². The van der Waals surface area contributed by atoms with E-state index in [1.54, 1.807) is 6.08 Å². The Kier molecular flexibility index (Phi) is 13.9. The van der Waals surface area contributed by atoms with E-state index >= 15 is 0 Å². The molecule has 3 aromatic rings. The number of nitrogens with zero attached hydrogens (tertiary/aromatic N) is 1. The van der Waals surface area contributed by atoms with Crippen molar-refractivity contribution in [2.75, 3.05) is 6.54 Å².